The lowest BCUT2D eigenvalue weighted by Gasteiger charge is -2.18. The summed E-state index contributed by atoms with van der Waals surface area (Å²) >= 11 is 11.9. The third-order valence-electron chi connectivity index (χ3n) is 2.39. The number of ether oxygens (including phenoxy) is 1. The van der Waals surface area contributed by atoms with Crippen molar-refractivity contribution in [2.45, 2.75) is 12.6 Å². The number of amides is 1. The number of hydrogen-bond acceptors (Lipinski definition) is 4. The van der Waals surface area contributed by atoms with Gasteiger partial charge in [0, 0.05) is 21.8 Å². The molecule has 0 radical (unpaired) electrons. The highest BCUT2D eigenvalue weighted by Crippen LogP contribution is 2.29. The number of primary amides is 1. The number of carbonyl (C=O) groups excluding carboxylic acids is 1. The van der Waals surface area contributed by atoms with Gasteiger partial charge in [0.25, 0.3) is 0 Å². The van der Waals surface area contributed by atoms with Gasteiger partial charge in [-0.2, -0.15) is 0 Å². The van der Waals surface area contributed by atoms with E-state index in [0.29, 0.717) is 15.6 Å². The fraction of sp³-hybridized carbons (Fsp3) is 0.182. The SMILES string of the molecule is NC(=O)OC(Cn1ccnn1)c1ccc(Cl)cc1Cl. The predicted molar refractivity (Wildman–Crippen MR) is 69.9 cm³/mol. The molecule has 0 aliphatic heterocycles. The Balaban J connectivity index is 2.28. The minimum atomic E-state index is -0.892. The molecule has 2 rings (SSSR count). The smallest absolute Gasteiger partial charge is 0.405 e. The Bertz CT molecular complexity index is 574. The molecule has 0 bridgehead atoms. The number of nitrogens with zero attached hydrogens (tertiary/aromatic N) is 3. The van der Waals surface area contributed by atoms with Crippen LogP contribution in [0, 0.1) is 0 Å². The first-order valence-corrected chi connectivity index (χ1v) is 6.07. The maximum atomic E-state index is 11.0. The summed E-state index contributed by atoms with van der Waals surface area (Å²) < 4.78 is 6.57. The summed E-state index contributed by atoms with van der Waals surface area (Å²) in [5, 5.41) is 8.35. The minimum Gasteiger partial charge on any atom is -0.439 e. The zero-order valence-electron chi connectivity index (χ0n) is 9.66. The average Bonchev–Trinajstić information content (AvgIpc) is 2.80. The Morgan fingerprint density at radius 3 is 2.84 bits per heavy atom. The minimum absolute atomic E-state index is 0.254. The number of benzene rings is 1. The number of nitrogens with two attached hydrogens (primary N) is 1. The maximum absolute atomic E-state index is 11.0. The normalized spacial score (nSPS) is 12.1. The second-order valence-electron chi connectivity index (χ2n) is 3.72. The van der Waals surface area contributed by atoms with Crippen LogP contribution in [0.15, 0.2) is 30.6 Å². The molecular weight excluding hydrogens is 291 g/mol. The van der Waals surface area contributed by atoms with Crippen molar-refractivity contribution < 1.29 is 9.53 Å². The van der Waals surface area contributed by atoms with Crippen LogP contribution in [-0.4, -0.2) is 21.1 Å². The van der Waals surface area contributed by atoms with E-state index < -0.39 is 12.2 Å². The van der Waals surface area contributed by atoms with Crippen LogP contribution in [0.1, 0.15) is 11.7 Å². The van der Waals surface area contributed by atoms with Crippen LogP contribution < -0.4 is 5.73 Å². The van der Waals surface area contributed by atoms with Crippen molar-refractivity contribution in [1.82, 2.24) is 15.0 Å². The molecule has 19 heavy (non-hydrogen) atoms. The van der Waals surface area contributed by atoms with E-state index in [0.717, 1.165) is 0 Å². The summed E-state index contributed by atoms with van der Waals surface area (Å²) in [6, 6.07) is 4.90. The highest BCUT2D eigenvalue weighted by atomic mass is 35.5. The van der Waals surface area contributed by atoms with E-state index >= 15 is 0 Å². The van der Waals surface area contributed by atoms with Crippen LogP contribution in [0.25, 0.3) is 0 Å². The lowest BCUT2D eigenvalue weighted by Crippen LogP contribution is -2.21. The second-order valence-corrected chi connectivity index (χ2v) is 4.56. The molecule has 1 amide bonds. The van der Waals surface area contributed by atoms with Gasteiger partial charge in [-0.15, -0.1) is 5.10 Å². The molecule has 0 spiro atoms. The van der Waals surface area contributed by atoms with Gasteiger partial charge in [0.1, 0.15) is 6.10 Å². The fourth-order valence-corrected chi connectivity index (χ4v) is 2.13. The molecule has 0 saturated carbocycles. The van der Waals surface area contributed by atoms with Crippen LogP contribution in [0.2, 0.25) is 10.0 Å². The molecule has 1 aromatic carbocycles. The summed E-state index contributed by atoms with van der Waals surface area (Å²) in [5.74, 6) is 0. The largest absolute Gasteiger partial charge is 0.439 e. The highest BCUT2D eigenvalue weighted by Gasteiger charge is 2.19. The van der Waals surface area contributed by atoms with Crippen molar-refractivity contribution in [3.05, 3.63) is 46.2 Å². The van der Waals surface area contributed by atoms with E-state index in [2.05, 4.69) is 10.3 Å². The summed E-state index contributed by atoms with van der Waals surface area (Å²) in [5.41, 5.74) is 5.66. The Kier molecular flexibility index (Phi) is 4.24. The van der Waals surface area contributed by atoms with E-state index in [9.17, 15) is 4.79 Å². The molecule has 0 saturated heterocycles. The van der Waals surface area contributed by atoms with Crippen molar-refractivity contribution >= 4 is 29.3 Å². The number of carbonyl (C=O) groups is 1. The van der Waals surface area contributed by atoms with E-state index in [1.807, 2.05) is 0 Å². The Hall–Kier alpha value is -1.79. The zero-order valence-corrected chi connectivity index (χ0v) is 11.2. The molecule has 2 aromatic rings. The number of hydrogen-bond donors (Lipinski definition) is 1. The van der Waals surface area contributed by atoms with E-state index in [1.165, 1.54) is 10.9 Å². The van der Waals surface area contributed by atoms with Gasteiger partial charge < -0.3 is 10.5 Å². The number of rotatable bonds is 4. The van der Waals surface area contributed by atoms with E-state index in [4.69, 9.17) is 33.7 Å². The summed E-state index contributed by atoms with van der Waals surface area (Å²) in [7, 11) is 0. The molecule has 1 atom stereocenters. The lowest BCUT2D eigenvalue weighted by atomic mass is 10.1. The zero-order chi connectivity index (χ0) is 13.8. The Morgan fingerprint density at radius 2 is 2.26 bits per heavy atom. The number of aromatic nitrogens is 3. The Labute approximate surface area is 119 Å². The van der Waals surface area contributed by atoms with Crippen molar-refractivity contribution in [1.29, 1.82) is 0 Å². The van der Waals surface area contributed by atoms with Gasteiger partial charge in [0.05, 0.1) is 12.7 Å². The maximum Gasteiger partial charge on any atom is 0.405 e. The molecule has 0 aliphatic carbocycles. The third kappa shape index (κ3) is 3.59. The lowest BCUT2D eigenvalue weighted by molar-refractivity contribution is 0.0930. The van der Waals surface area contributed by atoms with Crippen LogP contribution in [-0.2, 0) is 11.3 Å². The van der Waals surface area contributed by atoms with Gasteiger partial charge in [-0.3, -0.25) is 0 Å². The first-order valence-electron chi connectivity index (χ1n) is 5.31. The molecule has 1 heterocycles. The van der Waals surface area contributed by atoms with Gasteiger partial charge in [-0.25, -0.2) is 9.48 Å². The highest BCUT2D eigenvalue weighted by molar-refractivity contribution is 6.35. The van der Waals surface area contributed by atoms with Gasteiger partial charge in [-0.05, 0) is 12.1 Å². The molecule has 2 N–H and O–H groups in total. The monoisotopic (exact) mass is 300 g/mol. The molecule has 1 unspecified atom stereocenters. The van der Waals surface area contributed by atoms with Gasteiger partial charge in [0.2, 0.25) is 0 Å². The Morgan fingerprint density at radius 1 is 1.47 bits per heavy atom. The standard InChI is InChI=1S/C11H10Cl2N4O2/c12-7-1-2-8(9(13)5-7)10(19-11(14)18)6-17-4-3-15-16-17/h1-5,10H,6H2,(H2,14,18). The van der Waals surface area contributed by atoms with E-state index in [1.54, 1.807) is 24.4 Å². The molecule has 0 fully saturated rings. The molecule has 8 heteroatoms. The van der Waals surface area contributed by atoms with Crippen molar-refractivity contribution in [2.24, 2.45) is 5.73 Å². The van der Waals surface area contributed by atoms with Crippen molar-refractivity contribution in [3.63, 3.8) is 0 Å². The quantitative estimate of drug-likeness (QED) is 0.940. The summed E-state index contributed by atoms with van der Waals surface area (Å²) in [6.45, 7) is 0.254. The fourth-order valence-electron chi connectivity index (χ4n) is 1.60. The summed E-state index contributed by atoms with van der Waals surface area (Å²) in [4.78, 5) is 11.0. The molecule has 1 aromatic heterocycles. The molecule has 100 valence electrons. The van der Waals surface area contributed by atoms with Crippen molar-refractivity contribution in [2.75, 3.05) is 0 Å². The predicted octanol–water partition coefficient (Wildman–Crippen LogP) is 2.42. The second kappa shape index (κ2) is 5.90. The molecule has 0 aliphatic rings. The van der Waals surface area contributed by atoms with Gasteiger partial charge >= 0.3 is 6.09 Å². The van der Waals surface area contributed by atoms with Crippen LogP contribution in [0.4, 0.5) is 4.79 Å². The van der Waals surface area contributed by atoms with Crippen LogP contribution in [0.3, 0.4) is 0 Å². The van der Waals surface area contributed by atoms with Crippen LogP contribution >= 0.6 is 23.2 Å². The van der Waals surface area contributed by atoms with Crippen LogP contribution in [0.5, 0.6) is 0 Å². The molecular formula is C11H10Cl2N4O2. The summed E-state index contributed by atoms with van der Waals surface area (Å²) in [6.07, 6.45) is 1.60. The van der Waals surface area contributed by atoms with Gasteiger partial charge in [0.15, 0.2) is 0 Å². The average molecular weight is 301 g/mol. The topological polar surface area (TPSA) is 83.0 Å². The van der Waals surface area contributed by atoms with Gasteiger partial charge in [-0.1, -0.05) is 34.5 Å². The third-order valence-corrected chi connectivity index (χ3v) is 2.96. The first-order chi connectivity index (χ1) is 9.06. The van der Waals surface area contributed by atoms with Crippen molar-refractivity contribution in [3.8, 4) is 0 Å². The number of halogens is 2. The molecule has 6 nitrogen and oxygen atoms in total. The first kappa shape index (κ1) is 13.6. The van der Waals surface area contributed by atoms with E-state index in [-0.39, 0.29) is 6.54 Å².